The minimum absolute atomic E-state index is 0.0934. The van der Waals surface area contributed by atoms with Crippen molar-refractivity contribution in [2.45, 2.75) is 13.1 Å². The summed E-state index contributed by atoms with van der Waals surface area (Å²) in [6.45, 7) is 1.55. The highest BCUT2D eigenvalue weighted by Gasteiger charge is 2.39. The Balaban J connectivity index is 1.86. The topological polar surface area (TPSA) is 39.2 Å². The zero-order chi connectivity index (χ0) is 21.3. The van der Waals surface area contributed by atoms with Crippen LogP contribution in [0.4, 0.5) is 17.1 Å². The number of rotatable bonds is 5. The van der Waals surface area contributed by atoms with Gasteiger partial charge in [-0.25, -0.2) is 5.01 Å². The second kappa shape index (κ2) is 8.20. The molecule has 3 aromatic rings. The monoisotopic (exact) mass is 418 g/mol. The molecule has 3 aromatic carbocycles. The van der Waals surface area contributed by atoms with Crippen LogP contribution in [-0.4, -0.2) is 25.7 Å². The SMILES string of the molecule is CC(=O)C1=NN(c2ccccc2)[C@@H](c2ccc(Cl)cc2)N1c1ccc(N(C)C)cc1. The van der Waals surface area contributed by atoms with Crippen molar-refractivity contribution in [2.24, 2.45) is 5.10 Å². The second-order valence-corrected chi connectivity index (χ2v) is 7.80. The minimum atomic E-state index is -0.311. The van der Waals surface area contributed by atoms with Crippen LogP contribution >= 0.6 is 11.6 Å². The van der Waals surface area contributed by atoms with Crippen molar-refractivity contribution in [1.29, 1.82) is 0 Å². The maximum atomic E-state index is 12.6. The summed E-state index contributed by atoms with van der Waals surface area (Å²) in [5, 5.41) is 7.29. The molecule has 0 amide bonds. The number of anilines is 3. The smallest absolute Gasteiger partial charge is 0.198 e. The number of benzene rings is 3. The minimum Gasteiger partial charge on any atom is -0.378 e. The first-order chi connectivity index (χ1) is 14.5. The summed E-state index contributed by atoms with van der Waals surface area (Å²) in [6, 6.07) is 25.7. The van der Waals surface area contributed by atoms with E-state index in [-0.39, 0.29) is 11.9 Å². The van der Waals surface area contributed by atoms with Crippen molar-refractivity contribution in [3.63, 3.8) is 0 Å². The number of nitrogens with zero attached hydrogens (tertiary/aromatic N) is 4. The first-order valence-electron chi connectivity index (χ1n) is 9.71. The molecule has 0 unspecified atom stereocenters. The highest BCUT2D eigenvalue weighted by Crippen LogP contribution is 2.39. The molecule has 1 atom stereocenters. The quantitative estimate of drug-likeness (QED) is 0.561. The molecule has 5 nitrogen and oxygen atoms in total. The van der Waals surface area contributed by atoms with Crippen LogP contribution in [0.25, 0.3) is 0 Å². The molecule has 0 aliphatic carbocycles. The molecule has 0 N–H and O–H groups in total. The third kappa shape index (κ3) is 3.76. The summed E-state index contributed by atoms with van der Waals surface area (Å²) in [6.07, 6.45) is -0.311. The number of hydrogen-bond donors (Lipinski definition) is 0. The largest absolute Gasteiger partial charge is 0.378 e. The molecule has 0 spiro atoms. The lowest BCUT2D eigenvalue weighted by Gasteiger charge is -2.32. The van der Waals surface area contributed by atoms with Gasteiger partial charge in [0.05, 0.1) is 5.69 Å². The molecular weight excluding hydrogens is 396 g/mol. The van der Waals surface area contributed by atoms with Crippen LogP contribution in [0.3, 0.4) is 0 Å². The molecule has 6 heteroatoms. The summed E-state index contributed by atoms with van der Waals surface area (Å²) >= 11 is 6.14. The first-order valence-corrected chi connectivity index (χ1v) is 10.1. The normalized spacial score (nSPS) is 15.9. The maximum Gasteiger partial charge on any atom is 0.198 e. The number of hydrazone groups is 1. The van der Waals surface area contributed by atoms with Gasteiger partial charge in [-0.15, -0.1) is 5.10 Å². The Morgan fingerprint density at radius 3 is 2.10 bits per heavy atom. The predicted molar refractivity (Wildman–Crippen MR) is 124 cm³/mol. The second-order valence-electron chi connectivity index (χ2n) is 7.37. The Kier molecular flexibility index (Phi) is 5.46. The summed E-state index contributed by atoms with van der Waals surface area (Å²) in [5.41, 5.74) is 3.87. The number of Topliss-reactive ketones (excluding diaryl/α,β-unsaturated/α-hetero) is 1. The number of carbonyl (C=O) groups excluding carboxylic acids is 1. The van der Waals surface area contributed by atoms with E-state index in [0.717, 1.165) is 22.6 Å². The van der Waals surface area contributed by atoms with Gasteiger partial charge in [0.25, 0.3) is 0 Å². The van der Waals surface area contributed by atoms with Gasteiger partial charge in [0.1, 0.15) is 0 Å². The Morgan fingerprint density at radius 2 is 1.53 bits per heavy atom. The van der Waals surface area contributed by atoms with E-state index in [1.807, 2.05) is 108 Å². The van der Waals surface area contributed by atoms with Gasteiger partial charge in [0.2, 0.25) is 0 Å². The van der Waals surface area contributed by atoms with Gasteiger partial charge in [-0.05, 0) is 54.1 Å². The van der Waals surface area contributed by atoms with Crippen molar-refractivity contribution < 1.29 is 4.79 Å². The molecule has 1 heterocycles. The molecule has 0 fully saturated rings. The molecule has 4 rings (SSSR count). The predicted octanol–water partition coefficient (Wildman–Crippen LogP) is 5.33. The summed E-state index contributed by atoms with van der Waals surface area (Å²) in [4.78, 5) is 16.6. The van der Waals surface area contributed by atoms with E-state index in [1.165, 1.54) is 0 Å². The van der Waals surface area contributed by atoms with Gasteiger partial charge in [-0.3, -0.25) is 9.69 Å². The molecule has 0 aromatic heterocycles. The highest BCUT2D eigenvalue weighted by molar-refractivity contribution is 6.44. The number of ketones is 1. The lowest BCUT2D eigenvalue weighted by atomic mass is 10.1. The fourth-order valence-corrected chi connectivity index (χ4v) is 3.68. The molecule has 1 aliphatic heterocycles. The molecule has 0 saturated heterocycles. The van der Waals surface area contributed by atoms with Gasteiger partial charge in [0, 0.05) is 37.4 Å². The summed E-state index contributed by atoms with van der Waals surface area (Å²) in [5.74, 6) is 0.306. The first kappa shape index (κ1) is 20.0. The summed E-state index contributed by atoms with van der Waals surface area (Å²) in [7, 11) is 4.00. The van der Waals surface area contributed by atoms with Gasteiger partial charge in [-0.2, -0.15) is 0 Å². The van der Waals surface area contributed by atoms with Gasteiger partial charge in [0.15, 0.2) is 17.8 Å². The van der Waals surface area contributed by atoms with Crippen LogP contribution in [0, 0.1) is 0 Å². The van der Waals surface area contributed by atoms with Crippen molar-refractivity contribution in [3.8, 4) is 0 Å². The molecule has 0 radical (unpaired) electrons. The molecule has 0 saturated carbocycles. The molecule has 152 valence electrons. The third-order valence-electron chi connectivity index (χ3n) is 5.05. The lowest BCUT2D eigenvalue weighted by Crippen LogP contribution is -2.37. The van der Waals surface area contributed by atoms with E-state index in [1.54, 1.807) is 6.92 Å². The van der Waals surface area contributed by atoms with Gasteiger partial charge < -0.3 is 4.90 Å². The maximum absolute atomic E-state index is 12.6. The Morgan fingerprint density at radius 1 is 0.900 bits per heavy atom. The summed E-state index contributed by atoms with van der Waals surface area (Å²) < 4.78 is 0. The zero-order valence-electron chi connectivity index (χ0n) is 17.2. The van der Waals surface area contributed by atoms with Crippen molar-refractivity contribution in [3.05, 3.63) is 89.4 Å². The number of hydrogen-bond acceptors (Lipinski definition) is 5. The average Bonchev–Trinajstić information content (AvgIpc) is 3.16. The molecule has 0 bridgehead atoms. The van der Waals surface area contributed by atoms with Crippen LogP contribution in [0.2, 0.25) is 5.02 Å². The third-order valence-corrected chi connectivity index (χ3v) is 5.31. The van der Waals surface area contributed by atoms with Gasteiger partial charge >= 0.3 is 0 Å². The van der Waals surface area contributed by atoms with E-state index < -0.39 is 0 Å². The Labute approximate surface area is 181 Å². The van der Waals surface area contributed by atoms with E-state index >= 15 is 0 Å². The fraction of sp³-hybridized carbons (Fsp3) is 0.167. The fourth-order valence-electron chi connectivity index (χ4n) is 3.55. The van der Waals surface area contributed by atoms with Crippen molar-refractivity contribution >= 4 is 40.3 Å². The number of carbonyl (C=O) groups is 1. The van der Waals surface area contributed by atoms with E-state index in [0.29, 0.717) is 10.9 Å². The number of amidine groups is 1. The Bertz CT molecular complexity index is 1060. The van der Waals surface area contributed by atoms with Crippen LogP contribution in [-0.2, 0) is 4.79 Å². The van der Waals surface area contributed by atoms with Crippen molar-refractivity contribution in [2.75, 3.05) is 28.9 Å². The van der Waals surface area contributed by atoms with E-state index in [2.05, 4.69) is 0 Å². The number of halogens is 1. The lowest BCUT2D eigenvalue weighted by molar-refractivity contribution is -0.111. The van der Waals surface area contributed by atoms with E-state index in [9.17, 15) is 4.79 Å². The van der Waals surface area contributed by atoms with Gasteiger partial charge in [-0.1, -0.05) is 41.9 Å². The zero-order valence-corrected chi connectivity index (χ0v) is 17.9. The molecule has 30 heavy (non-hydrogen) atoms. The standard InChI is InChI=1S/C24H23ClN4O/c1-17(30)23-26-29(22-7-5-4-6-8-22)24(18-9-11-19(25)12-10-18)28(23)21-15-13-20(14-16-21)27(2)3/h4-16,24H,1-3H3/t24-/m0/s1. The molecule has 1 aliphatic rings. The van der Waals surface area contributed by atoms with Crippen molar-refractivity contribution in [1.82, 2.24) is 0 Å². The molecular formula is C24H23ClN4O. The Hall–Kier alpha value is -3.31. The van der Waals surface area contributed by atoms with Crippen LogP contribution in [0.1, 0.15) is 18.7 Å². The van der Waals surface area contributed by atoms with Crippen LogP contribution < -0.4 is 14.8 Å². The number of para-hydroxylation sites is 1. The van der Waals surface area contributed by atoms with E-state index in [4.69, 9.17) is 16.7 Å². The highest BCUT2D eigenvalue weighted by atomic mass is 35.5. The van der Waals surface area contributed by atoms with Crippen LogP contribution in [0.15, 0.2) is 84.0 Å². The van der Waals surface area contributed by atoms with Crippen LogP contribution in [0.5, 0.6) is 0 Å². The average molecular weight is 419 g/mol.